The van der Waals surface area contributed by atoms with Gasteiger partial charge in [0.15, 0.2) is 0 Å². The van der Waals surface area contributed by atoms with E-state index in [1.165, 1.54) is 28.5 Å². The van der Waals surface area contributed by atoms with Gasteiger partial charge in [0.25, 0.3) is 10.0 Å². The quantitative estimate of drug-likeness (QED) is 0.655. The van der Waals surface area contributed by atoms with Crippen molar-refractivity contribution in [2.24, 2.45) is 0 Å². The fourth-order valence-electron chi connectivity index (χ4n) is 3.93. The van der Waals surface area contributed by atoms with Crippen LogP contribution in [0.4, 0.5) is 5.69 Å². The van der Waals surface area contributed by atoms with Gasteiger partial charge in [-0.2, -0.15) is 4.98 Å². The number of rotatable bonds is 4. The molecule has 8 heteroatoms. The van der Waals surface area contributed by atoms with E-state index < -0.39 is 10.0 Å². The molecule has 0 atom stereocenters. The molecule has 0 spiro atoms. The van der Waals surface area contributed by atoms with Crippen LogP contribution in [0.15, 0.2) is 44.4 Å². The maximum Gasteiger partial charge on any atom is 0.273 e. The van der Waals surface area contributed by atoms with Crippen LogP contribution in [-0.2, 0) is 16.4 Å². The van der Waals surface area contributed by atoms with E-state index in [2.05, 4.69) is 10.1 Å². The number of sulfonamides is 1. The van der Waals surface area contributed by atoms with Crippen molar-refractivity contribution < 1.29 is 12.9 Å². The van der Waals surface area contributed by atoms with E-state index in [9.17, 15) is 8.42 Å². The number of nitrogens with zero attached hydrogens (tertiary/aromatic N) is 3. The van der Waals surface area contributed by atoms with Crippen LogP contribution in [0.25, 0.3) is 11.4 Å². The van der Waals surface area contributed by atoms with Gasteiger partial charge in [0.05, 0.1) is 5.69 Å². The first-order valence-electron chi connectivity index (χ1n) is 9.16. The van der Waals surface area contributed by atoms with E-state index in [0.717, 1.165) is 30.5 Å². The van der Waals surface area contributed by atoms with Crippen molar-refractivity contribution in [2.75, 3.05) is 10.8 Å². The second-order valence-electron chi connectivity index (χ2n) is 7.05. The topological polar surface area (TPSA) is 76.3 Å². The van der Waals surface area contributed by atoms with Crippen LogP contribution in [0, 0.1) is 0 Å². The van der Waals surface area contributed by atoms with Gasteiger partial charge in [-0.15, -0.1) is 11.3 Å². The van der Waals surface area contributed by atoms with E-state index >= 15 is 0 Å². The van der Waals surface area contributed by atoms with Gasteiger partial charge < -0.3 is 4.52 Å². The molecule has 0 N–H and O–H groups in total. The Morgan fingerprint density at radius 1 is 1.19 bits per heavy atom. The number of anilines is 1. The van der Waals surface area contributed by atoms with Crippen LogP contribution >= 0.6 is 11.3 Å². The molecule has 1 saturated carbocycles. The summed E-state index contributed by atoms with van der Waals surface area (Å²) in [5.41, 5.74) is 2.53. The highest BCUT2D eigenvalue weighted by Gasteiger charge is 2.32. The molecule has 3 aromatic rings. The third kappa shape index (κ3) is 2.87. The molecule has 1 aromatic carbocycles. The average Bonchev–Trinajstić information content (AvgIpc) is 3.48. The minimum Gasteiger partial charge on any atom is -0.339 e. The molecule has 0 radical (unpaired) electrons. The summed E-state index contributed by atoms with van der Waals surface area (Å²) in [6.45, 7) is 0.475. The smallest absolute Gasteiger partial charge is 0.273 e. The fourth-order valence-corrected chi connectivity index (χ4v) is 6.70. The van der Waals surface area contributed by atoms with Crippen molar-refractivity contribution in [1.29, 1.82) is 0 Å². The van der Waals surface area contributed by atoms with Crippen LogP contribution < -0.4 is 4.31 Å². The summed E-state index contributed by atoms with van der Waals surface area (Å²) < 4.78 is 33.5. The predicted octanol–water partition coefficient (Wildman–Crippen LogP) is 4.21. The molecule has 1 fully saturated rings. The van der Waals surface area contributed by atoms with Gasteiger partial charge in [0.1, 0.15) is 4.21 Å². The van der Waals surface area contributed by atoms with E-state index in [1.807, 2.05) is 24.3 Å². The average molecular weight is 402 g/mol. The minimum atomic E-state index is -3.58. The highest BCUT2D eigenvalue weighted by atomic mass is 32.2. The maximum absolute atomic E-state index is 13.1. The fraction of sp³-hybridized carbons (Fsp3) is 0.368. The number of thiophene rings is 1. The number of para-hydroxylation sites is 1. The third-order valence-corrected chi connectivity index (χ3v) is 8.60. The van der Waals surface area contributed by atoms with E-state index in [4.69, 9.17) is 4.52 Å². The van der Waals surface area contributed by atoms with Crippen molar-refractivity contribution in [3.8, 4) is 11.4 Å². The Kier molecular flexibility index (Phi) is 4.05. The van der Waals surface area contributed by atoms with Crippen LogP contribution in [0.2, 0.25) is 0 Å². The molecule has 6 nitrogen and oxygen atoms in total. The largest absolute Gasteiger partial charge is 0.339 e. The Morgan fingerprint density at radius 2 is 2.00 bits per heavy atom. The first-order chi connectivity index (χ1) is 13.1. The lowest BCUT2D eigenvalue weighted by molar-refractivity contribution is 0.354. The van der Waals surface area contributed by atoms with Gasteiger partial charge in [-0.1, -0.05) is 36.2 Å². The van der Waals surface area contributed by atoms with Crippen molar-refractivity contribution >= 4 is 27.0 Å². The zero-order valence-corrected chi connectivity index (χ0v) is 16.3. The lowest BCUT2D eigenvalue weighted by Crippen LogP contribution is -2.28. The summed E-state index contributed by atoms with van der Waals surface area (Å²) in [5, 5.41) is 5.86. The normalized spacial score (nSPS) is 17.6. The summed E-state index contributed by atoms with van der Waals surface area (Å²) in [4.78, 5) is 4.51. The standard InChI is InChI=1S/C19H19N3O3S2/c23-27(24,22-10-9-13-5-3-4-8-16(13)22)17-11-15(12-26-17)18-20-19(25-21-18)14-6-1-2-7-14/h3-5,8,11-12,14H,1-2,6-7,9-10H2. The molecule has 0 unspecified atom stereocenters. The monoisotopic (exact) mass is 401 g/mol. The van der Waals surface area contributed by atoms with E-state index in [1.54, 1.807) is 11.4 Å². The molecule has 1 aliphatic carbocycles. The Hall–Kier alpha value is -2.19. The lowest BCUT2D eigenvalue weighted by Gasteiger charge is -2.18. The molecule has 0 amide bonds. The van der Waals surface area contributed by atoms with Crippen molar-refractivity contribution in [1.82, 2.24) is 10.1 Å². The van der Waals surface area contributed by atoms with Crippen LogP contribution in [0.5, 0.6) is 0 Å². The molecule has 5 rings (SSSR count). The first-order valence-corrected chi connectivity index (χ1v) is 11.5. The molecule has 0 saturated heterocycles. The summed E-state index contributed by atoms with van der Waals surface area (Å²) in [5.74, 6) is 1.48. The van der Waals surface area contributed by atoms with Crippen LogP contribution in [0.1, 0.15) is 43.1 Å². The van der Waals surface area contributed by atoms with Crippen molar-refractivity contribution in [3.63, 3.8) is 0 Å². The molecule has 27 heavy (non-hydrogen) atoms. The summed E-state index contributed by atoms with van der Waals surface area (Å²) in [6.07, 6.45) is 5.29. The number of hydrogen-bond acceptors (Lipinski definition) is 6. The molecule has 1 aliphatic heterocycles. The number of aromatic nitrogens is 2. The molecular formula is C19H19N3O3S2. The van der Waals surface area contributed by atoms with E-state index in [0.29, 0.717) is 34.0 Å². The van der Waals surface area contributed by atoms with E-state index in [-0.39, 0.29) is 0 Å². The molecule has 2 aliphatic rings. The highest BCUT2D eigenvalue weighted by molar-refractivity contribution is 7.94. The highest BCUT2D eigenvalue weighted by Crippen LogP contribution is 2.37. The van der Waals surface area contributed by atoms with Crippen LogP contribution in [-0.4, -0.2) is 25.1 Å². The first kappa shape index (κ1) is 16.9. The Balaban J connectivity index is 1.44. The second kappa shape index (κ2) is 6.45. The van der Waals surface area contributed by atoms with Gasteiger partial charge >= 0.3 is 0 Å². The Bertz CT molecular complexity index is 1080. The van der Waals surface area contributed by atoms with Crippen LogP contribution in [0.3, 0.4) is 0 Å². The van der Waals surface area contributed by atoms with Crippen molar-refractivity contribution in [2.45, 2.75) is 42.2 Å². The number of benzene rings is 1. The summed E-state index contributed by atoms with van der Waals surface area (Å²) in [7, 11) is -3.58. The second-order valence-corrected chi connectivity index (χ2v) is 10.0. The summed E-state index contributed by atoms with van der Waals surface area (Å²) >= 11 is 1.20. The molecule has 2 aromatic heterocycles. The van der Waals surface area contributed by atoms with Crippen molar-refractivity contribution in [3.05, 3.63) is 47.2 Å². The SMILES string of the molecule is O=S(=O)(c1cc(-c2noc(C3CCCC3)n2)cs1)N1CCc2ccccc21. The summed E-state index contributed by atoms with van der Waals surface area (Å²) in [6, 6.07) is 9.31. The number of fused-ring (bicyclic) bond motifs is 1. The lowest BCUT2D eigenvalue weighted by atomic mass is 10.1. The Morgan fingerprint density at radius 3 is 2.85 bits per heavy atom. The Labute approximate surface area is 161 Å². The molecule has 0 bridgehead atoms. The number of hydrogen-bond donors (Lipinski definition) is 0. The zero-order chi connectivity index (χ0) is 18.4. The third-order valence-electron chi connectivity index (χ3n) is 5.37. The predicted molar refractivity (Wildman–Crippen MR) is 103 cm³/mol. The van der Waals surface area contributed by atoms with Gasteiger partial charge in [-0.3, -0.25) is 4.31 Å². The van der Waals surface area contributed by atoms with Gasteiger partial charge in [-0.05, 0) is 37.0 Å². The maximum atomic E-state index is 13.1. The van der Waals surface area contributed by atoms with Gasteiger partial charge in [-0.25, -0.2) is 8.42 Å². The molecular weight excluding hydrogens is 382 g/mol. The molecule has 140 valence electrons. The molecule has 3 heterocycles. The van der Waals surface area contributed by atoms with Gasteiger partial charge in [0, 0.05) is 23.4 Å². The minimum absolute atomic E-state index is 0.307. The zero-order valence-electron chi connectivity index (χ0n) is 14.7. The van der Waals surface area contributed by atoms with Gasteiger partial charge in [0.2, 0.25) is 11.7 Å².